The summed E-state index contributed by atoms with van der Waals surface area (Å²) >= 11 is 0. The van der Waals surface area contributed by atoms with Crippen molar-refractivity contribution in [2.45, 2.75) is 19.8 Å². The molecule has 3 aromatic rings. The highest BCUT2D eigenvalue weighted by Gasteiger charge is 2.12. The molecule has 0 atom stereocenters. The average Bonchev–Trinajstić information content (AvgIpc) is 2.67. The third-order valence-corrected chi connectivity index (χ3v) is 4.31. The molecule has 0 aliphatic carbocycles. The van der Waals surface area contributed by atoms with E-state index >= 15 is 0 Å². The molecule has 3 nitrogen and oxygen atoms in total. The number of nitrogens with one attached hydrogen (secondary N) is 1. The Hall–Kier alpha value is -3.20. The smallest absolute Gasteiger partial charge is 0.255 e. The van der Waals surface area contributed by atoms with E-state index in [4.69, 9.17) is 0 Å². The molecule has 0 spiro atoms. The van der Waals surface area contributed by atoms with E-state index in [2.05, 4.69) is 17.4 Å². The standard InChI is InChI=1S/C23H21NO2/c1-17(25)20-11-7-12-21(16-20)24-23(26)22-13-6-5-10-19(22)15-14-18-8-3-2-4-9-18/h2-13,16H,14-15H2,1H3,(H,24,26). The highest BCUT2D eigenvalue weighted by atomic mass is 16.1. The van der Waals surface area contributed by atoms with Crippen LogP contribution in [-0.4, -0.2) is 11.7 Å². The highest BCUT2D eigenvalue weighted by molar-refractivity contribution is 6.06. The van der Waals surface area contributed by atoms with Gasteiger partial charge in [0.15, 0.2) is 5.78 Å². The van der Waals surface area contributed by atoms with Crippen molar-refractivity contribution in [1.82, 2.24) is 0 Å². The van der Waals surface area contributed by atoms with Crippen LogP contribution in [0.15, 0.2) is 78.9 Å². The van der Waals surface area contributed by atoms with Crippen molar-refractivity contribution in [2.24, 2.45) is 0 Å². The molecule has 0 saturated carbocycles. The Kier molecular flexibility index (Phi) is 5.59. The molecule has 1 N–H and O–H groups in total. The first kappa shape index (κ1) is 17.6. The van der Waals surface area contributed by atoms with Gasteiger partial charge in [-0.2, -0.15) is 0 Å². The van der Waals surface area contributed by atoms with Crippen LogP contribution in [-0.2, 0) is 12.8 Å². The Morgan fingerprint density at radius 2 is 1.54 bits per heavy atom. The van der Waals surface area contributed by atoms with Gasteiger partial charge in [-0.3, -0.25) is 9.59 Å². The first-order chi connectivity index (χ1) is 12.6. The van der Waals surface area contributed by atoms with E-state index in [9.17, 15) is 9.59 Å². The molecule has 0 aromatic heterocycles. The minimum atomic E-state index is -0.158. The normalized spacial score (nSPS) is 10.3. The predicted octanol–water partition coefficient (Wildman–Crippen LogP) is 4.93. The van der Waals surface area contributed by atoms with Crippen LogP contribution in [0.1, 0.15) is 38.8 Å². The number of hydrogen-bond donors (Lipinski definition) is 1. The van der Waals surface area contributed by atoms with Crippen LogP contribution >= 0.6 is 0 Å². The second-order valence-corrected chi connectivity index (χ2v) is 6.23. The Labute approximate surface area is 153 Å². The third-order valence-electron chi connectivity index (χ3n) is 4.31. The van der Waals surface area contributed by atoms with Gasteiger partial charge in [0.25, 0.3) is 5.91 Å². The lowest BCUT2D eigenvalue weighted by Crippen LogP contribution is -2.15. The molecule has 0 unspecified atom stereocenters. The predicted molar refractivity (Wildman–Crippen MR) is 105 cm³/mol. The molecular weight excluding hydrogens is 322 g/mol. The van der Waals surface area contributed by atoms with Crippen molar-refractivity contribution in [3.63, 3.8) is 0 Å². The highest BCUT2D eigenvalue weighted by Crippen LogP contribution is 2.17. The van der Waals surface area contributed by atoms with Crippen LogP contribution < -0.4 is 5.32 Å². The SMILES string of the molecule is CC(=O)c1cccc(NC(=O)c2ccccc2CCc2ccccc2)c1. The van der Waals surface area contributed by atoms with Crippen LogP contribution in [0.5, 0.6) is 0 Å². The monoisotopic (exact) mass is 343 g/mol. The van der Waals surface area contributed by atoms with E-state index in [0.29, 0.717) is 16.8 Å². The van der Waals surface area contributed by atoms with Crippen LogP contribution in [0, 0.1) is 0 Å². The Balaban J connectivity index is 1.75. The van der Waals surface area contributed by atoms with Gasteiger partial charge in [0, 0.05) is 16.8 Å². The molecule has 0 heterocycles. The van der Waals surface area contributed by atoms with Gasteiger partial charge in [-0.05, 0) is 49.1 Å². The summed E-state index contributed by atoms with van der Waals surface area (Å²) in [5.74, 6) is -0.182. The maximum atomic E-state index is 12.7. The molecule has 0 radical (unpaired) electrons. The van der Waals surface area contributed by atoms with Crippen LogP contribution in [0.2, 0.25) is 0 Å². The van der Waals surface area contributed by atoms with Gasteiger partial charge < -0.3 is 5.32 Å². The average molecular weight is 343 g/mol. The Morgan fingerprint density at radius 3 is 2.31 bits per heavy atom. The van der Waals surface area contributed by atoms with Crippen molar-refractivity contribution in [2.75, 3.05) is 5.32 Å². The number of ketones is 1. The summed E-state index contributed by atoms with van der Waals surface area (Å²) in [6.45, 7) is 1.51. The zero-order valence-corrected chi connectivity index (χ0v) is 14.7. The summed E-state index contributed by atoms with van der Waals surface area (Å²) in [6.07, 6.45) is 1.67. The molecule has 0 bridgehead atoms. The molecule has 0 fully saturated rings. The molecule has 3 aromatic carbocycles. The van der Waals surface area contributed by atoms with Crippen molar-refractivity contribution in [1.29, 1.82) is 0 Å². The zero-order valence-electron chi connectivity index (χ0n) is 14.7. The molecule has 0 aliphatic rings. The summed E-state index contributed by atoms with van der Waals surface area (Å²) in [4.78, 5) is 24.2. The number of carbonyl (C=O) groups is 2. The fourth-order valence-corrected chi connectivity index (χ4v) is 2.90. The number of amides is 1. The number of carbonyl (C=O) groups excluding carboxylic acids is 2. The number of rotatable bonds is 6. The van der Waals surface area contributed by atoms with Gasteiger partial charge in [0.2, 0.25) is 0 Å². The first-order valence-electron chi connectivity index (χ1n) is 8.67. The number of benzene rings is 3. The molecule has 0 saturated heterocycles. The second kappa shape index (κ2) is 8.26. The van der Waals surface area contributed by atoms with Crippen LogP contribution in [0.4, 0.5) is 5.69 Å². The van der Waals surface area contributed by atoms with Gasteiger partial charge in [0.1, 0.15) is 0 Å². The lowest BCUT2D eigenvalue weighted by atomic mass is 9.99. The molecule has 130 valence electrons. The summed E-state index contributed by atoms with van der Waals surface area (Å²) in [5, 5.41) is 2.90. The number of Topliss-reactive ketones (excluding diaryl/α,β-unsaturated/α-hetero) is 1. The van der Waals surface area contributed by atoms with Crippen molar-refractivity contribution in [3.8, 4) is 0 Å². The van der Waals surface area contributed by atoms with Crippen molar-refractivity contribution >= 4 is 17.4 Å². The third kappa shape index (κ3) is 4.45. The quantitative estimate of drug-likeness (QED) is 0.645. The number of hydrogen-bond acceptors (Lipinski definition) is 2. The maximum absolute atomic E-state index is 12.7. The molecular formula is C23H21NO2. The first-order valence-corrected chi connectivity index (χ1v) is 8.67. The van der Waals surface area contributed by atoms with E-state index in [0.717, 1.165) is 18.4 Å². The molecule has 3 rings (SSSR count). The Morgan fingerprint density at radius 1 is 0.808 bits per heavy atom. The van der Waals surface area contributed by atoms with Crippen molar-refractivity contribution < 1.29 is 9.59 Å². The minimum absolute atomic E-state index is 0.0237. The fourth-order valence-electron chi connectivity index (χ4n) is 2.90. The fraction of sp³-hybridized carbons (Fsp3) is 0.130. The zero-order chi connectivity index (χ0) is 18.4. The van der Waals surface area contributed by atoms with Gasteiger partial charge in [-0.25, -0.2) is 0 Å². The lowest BCUT2D eigenvalue weighted by molar-refractivity contribution is 0.101. The van der Waals surface area contributed by atoms with Gasteiger partial charge in [-0.1, -0.05) is 60.7 Å². The van der Waals surface area contributed by atoms with Gasteiger partial charge in [-0.15, -0.1) is 0 Å². The summed E-state index contributed by atoms with van der Waals surface area (Å²) in [5.41, 5.74) is 4.13. The minimum Gasteiger partial charge on any atom is -0.322 e. The van der Waals surface area contributed by atoms with E-state index in [1.54, 1.807) is 24.3 Å². The van der Waals surface area contributed by atoms with Gasteiger partial charge >= 0.3 is 0 Å². The number of aryl methyl sites for hydroxylation is 2. The van der Waals surface area contributed by atoms with Crippen molar-refractivity contribution in [3.05, 3.63) is 101 Å². The van der Waals surface area contributed by atoms with E-state index < -0.39 is 0 Å². The lowest BCUT2D eigenvalue weighted by Gasteiger charge is -2.11. The molecule has 3 heteroatoms. The summed E-state index contributed by atoms with van der Waals surface area (Å²) in [6, 6.07) is 24.9. The number of anilines is 1. The molecule has 0 aliphatic heterocycles. The maximum Gasteiger partial charge on any atom is 0.255 e. The largest absolute Gasteiger partial charge is 0.322 e. The molecule has 26 heavy (non-hydrogen) atoms. The van der Waals surface area contributed by atoms with E-state index in [-0.39, 0.29) is 11.7 Å². The molecule has 1 amide bonds. The van der Waals surface area contributed by atoms with Gasteiger partial charge in [0.05, 0.1) is 0 Å². The second-order valence-electron chi connectivity index (χ2n) is 6.23. The summed E-state index contributed by atoms with van der Waals surface area (Å²) in [7, 11) is 0. The van der Waals surface area contributed by atoms with Crippen LogP contribution in [0.3, 0.4) is 0 Å². The topological polar surface area (TPSA) is 46.2 Å². The van der Waals surface area contributed by atoms with E-state index in [1.165, 1.54) is 12.5 Å². The van der Waals surface area contributed by atoms with Crippen LogP contribution in [0.25, 0.3) is 0 Å². The van der Waals surface area contributed by atoms with E-state index in [1.807, 2.05) is 42.5 Å². The summed E-state index contributed by atoms with van der Waals surface area (Å²) < 4.78 is 0. The Bertz CT molecular complexity index is 916.